The predicted octanol–water partition coefficient (Wildman–Crippen LogP) is 1.95. The van der Waals surface area contributed by atoms with Gasteiger partial charge in [0.05, 0.1) is 0 Å². The van der Waals surface area contributed by atoms with E-state index in [-0.39, 0.29) is 0 Å². The van der Waals surface area contributed by atoms with E-state index in [0.717, 1.165) is 11.3 Å². The lowest BCUT2D eigenvalue weighted by atomic mass is 10.1. The van der Waals surface area contributed by atoms with E-state index in [2.05, 4.69) is 33.8 Å². The van der Waals surface area contributed by atoms with Crippen LogP contribution in [0.15, 0.2) is 18.5 Å². The van der Waals surface area contributed by atoms with Crippen LogP contribution in [-0.2, 0) is 0 Å². The molecule has 0 bridgehead atoms. The lowest BCUT2D eigenvalue weighted by molar-refractivity contribution is 0.815. The Bertz CT molecular complexity index is 519. The van der Waals surface area contributed by atoms with Crippen LogP contribution in [-0.4, -0.2) is 19.9 Å². The third kappa shape index (κ3) is 2.55. The first-order valence-electron chi connectivity index (χ1n) is 5.49. The molecule has 5 nitrogen and oxygen atoms in total. The van der Waals surface area contributed by atoms with Crippen LogP contribution in [0.4, 0.5) is 5.82 Å². The number of anilines is 1. The standard InChI is InChI=1S/C12H15N5/c1-7(2)9-4-10(13)17-12(16-9)11-14-5-8(3)6-15-11/h4-7H,1-3H3,(H2,13,16,17). The number of hydrogen-bond donors (Lipinski definition) is 1. The first kappa shape index (κ1) is 11.4. The quantitative estimate of drug-likeness (QED) is 0.851. The van der Waals surface area contributed by atoms with Crippen LogP contribution in [0.25, 0.3) is 11.6 Å². The van der Waals surface area contributed by atoms with Gasteiger partial charge in [-0.1, -0.05) is 13.8 Å². The zero-order valence-corrected chi connectivity index (χ0v) is 10.2. The molecular formula is C12H15N5. The summed E-state index contributed by atoms with van der Waals surface area (Å²) in [5.41, 5.74) is 7.66. The monoisotopic (exact) mass is 229 g/mol. The Morgan fingerprint density at radius 2 is 1.71 bits per heavy atom. The average molecular weight is 229 g/mol. The first-order chi connectivity index (χ1) is 8.06. The van der Waals surface area contributed by atoms with E-state index in [1.165, 1.54) is 0 Å². The largest absolute Gasteiger partial charge is 0.384 e. The molecule has 0 aliphatic heterocycles. The third-order valence-corrected chi connectivity index (χ3v) is 2.34. The number of hydrogen-bond acceptors (Lipinski definition) is 5. The van der Waals surface area contributed by atoms with Crippen LogP contribution >= 0.6 is 0 Å². The van der Waals surface area contributed by atoms with Crippen LogP contribution in [0.2, 0.25) is 0 Å². The number of aromatic nitrogens is 4. The van der Waals surface area contributed by atoms with Crippen LogP contribution in [0.1, 0.15) is 31.0 Å². The summed E-state index contributed by atoms with van der Waals surface area (Å²) in [5.74, 6) is 1.73. The van der Waals surface area contributed by atoms with Gasteiger partial charge in [0, 0.05) is 24.2 Å². The van der Waals surface area contributed by atoms with Gasteiger partial charge in [0.15, 0.2) is 11.6 Å². The molecule has 2 aromatic heterocycles. The highest BCUT2D eigenvalue weighted by Gasteiger charge is 2.09. The Morgan fingerprint density at radius 3 is 2.29 bits per heavy atom. The van der Waals surface area contributed by atoms with Crippen molar-refractivity contribution in [3.05, 3.63) is 29.7 Å². The highest BCUT2D eigenvalue weighted by Crippen LogP contribution is 2.17. The normalized spacial score (nSPS) is 10.8. The average Bonchev–Trinajstić information content (AvgIpc) is 2.29. The van der Waals surface area contributed by atoms with Crippen molar-refractivity contribution >= 4 is 5.82 Å². The highest BCUT2D eigenvalue weighted by molar-refractivity contribution is 5.47. The molecule has 0 amide bonds. The molecule has 2 rings (SSSR count). The van der Waals surface area contributed by atoms with Gasteiger partial charge in [0.1, 0.15) is 5.82 Å². The van der Waals surface area contributed by atoms with Crippen molar-refractivity contribution in [1.29, 1.82) is 0 Å². The van der Waals surface area contributed by atoms with Gasteiger partial charge in [0.2, 0.25) is 0 Å². The fraction of sp³-hybridized carbons (Fsp3) is 0.333. The Hall–Kier alpha value is -2.04. The summed E-state index contributed by atoms with van der Waals surface area (Å²) in [6.07, 6.45) is 3.48. The Balaban J connectivity index is 2.48. The second kappa shape index (κ2) is 4.45. The molecule has 0 aliphatic rings. The van der Waals surface area contributed by atoms with Crippen LogP contribution < -0.4 is 5.73 Å². The molecular weight excluding hydrogens is 214 g/mol. The molecule has 0 atom stereocenters. The van der Waals surface area contributed by atoms with Crippen LogP contribution in [0.5, 0.6) is 0 Å². The summed E-state index contributed by atoms with van der Waals surface area (Å²) >= 11 is 0. The smallest absolute Gasteiger partial charge is 0.199 e. The summed E-state index contributed by atoms with van der Waals surface area (Å²) in [6.45, 7) is 6.05. The molecule has 0 saturated carbocycles. The molecule has 17 heavy (non-hydrogen) atoms. The third-order valence-electron chi connectivity index (χ3n) is 2.34. The van der Waals surface area contributed by atoms with E-state index in [9.17, 15) is 0 Å². The molecule has 0 aliphatic carbocycles. The van der Waals surface area contributed by atoms with Crippen LogP contribution in [0.3, 0.4) is 0 Å². The minimum Gasteiger partial charge on any atom is -0.384 e. The van der Waals surface area contributed by atoms with Gasteiger partial charge < -0.3 is 5.73 Å². The Morgan fingerprint density at radius 1 is 1.06 bits per heavy atom. The Labute approximate surface area is 100 Å². The molecule has 2 aromatic rings. The zero-order chi connectivity index (χ0) is 12.4. The van der Waals surface area contributed by atoms with E-state index in [0.29, 0.717) is 23.4 Å². The molecule has 88 valence electrons. The lowest BCUT2D eigenvalue weighted by Crippen LogP contribution is -2.03. The molecule has 0 aromatic carbocycles. The number of aryl methyl sites for hydroxylation is 1. The molecule has 0 radical (unpaired) electrons. The summed E-state index contributed by atoms with van der Waals surface area (Å²) in [5, 5.41) is 0. The van der Waals surface area contributed by atoms with E-state index < -0.39 is 0 Å². The zero-order valence-electron chi connectivity index (χ0n) is 10.2. The van der Waals surface area contributed by atoms with Gasteiger partial charge in [-0.2, -0.15) is 0 Å². The van der Waals surface area contributed by atoms with Crippen molar-refractivity contribution in [2.24, 2.45) is 0 Å². The first-order valence-corrected chi connectivity index (χ1v) is 5.49. The molecule has 0 spiro atoms. The van der Waals surface area contributed by atoms with E-state index in [1.54, 1.807) is 18.5 Å². The summed E-state index contributed by atoms with van der Waals surface area (Å²) in [6, 6.07) is 1.78. The minimum atomic E-state index is 0.296. The van der Waals surface area contributed by atoms with Crippen molar-refractivity contribution in [2.75, 3.05) is 5.73 Å². The van der Waals surface area contributed by atoms with Gasteiger partial charge in [-0.25, -0.2) is 19.9 Å². The summed E-state index contributed by atoms with van der Waals surface area (Å²) in [4.78, 5) is 17.0. The SMILES string of the molecule is Cc1cnc(-c2nc(N)cc(C(C)C)n2)nc1. The molecule has 2 N–H and O–H groups in total. The fourth-order valence-electron chi connectivity index (χ4n) is 1.39. The summed E-state index contributed by atoms with van der Waals surface area (Å²) in [7, 11) is 0. The van der Waals surface area contributed by atoms with E-state index in [4.69, 9.17) is 5.73 Å². The van der Waals surface area contributed by atoms with Crippen molar-refractivity contribution in [1.82, 2.24) is 19.9 Å². The maximum absolute atomic E-state index is 5.76. The van der Waals surface area contributed by atoms with Crippen LogP contribution in [0, 0.1) is 6.92 Å². The molecule has 2 heterocycles. The van der Waals surface area contributed by atoms with Crippen molar-refractivity contribution in [3.63, 3.8) is 0 Å². The van der Waals surface area contributed by atoms with E-state index in [1.807, 2.05) is 6.92 Å². The predicted molar refractivity (Wildman–Crippen MR) is 66.3 cm³/mol. The number of nitrogens with zero attached hydrogens (tertiary/aromatic N) is 4. The van der Waals surface area contributed by atoms with Crippen molar-refractivity contribution in [2.45, 2.75) is 26.7 Å². The minimum absolute atomic E-state index is 0.296. The Kier molecular flexibility index (Phi) is 2.99. The molecule has 5 heteroatoms. The molecule has 0 fully saturated rings. The van der Waals surface area contributed by atoms with E-state index >= 15 is 0 Å². The van der Waals surface area contributed by atoms with Crippen molar-refractivity contribution in [3.8, 4) is 11.6 Å². The molecule has 0 unspecified atom stereocenters. The van der Waals surface area contributed by atoms with Gasteiger partial charge >= 0.3 is 0 Å². The van der Waals surface area contributed by atoms with Gasteiger partial charge in [-0.3, -0.25) is 0 Å². The van der Waals surface area contributed by atoms with Gasteiger partial charge in [0.25, 0.3) is 0 Å². The maximum atomic E-state index is 5.76. The molecule has 0 saturated heterocycles. The number of nitrogens with two attached hydrogens (primary N) is 1. The second-order valence-electron chi connectivity index (χ2n) is 4.28. The highest BCUT2D eigenvalue weighted by atomic mass is 15.0. The van der Waals surface area contributed by atoms with Crippen molar-refractivity contribution < 1.29 is 0 Å². The maximum Gasteiger partial charge on any atom is 0.199 e. The topological polar surface area (TPSA) is 77.6 Å². The fourth-order valence-corrected chi connectivity index (χ4v) is 1.39. The lowest BCUT2D eigenvalue weighted by Gasteiger charge is -2.07. The summed E-state index contributed by atoms with van der Waals surface area (Å²) < 4.78 is 0. The number of nitrogen functional groups attached to an aromatic ring is 1. The number of rotatable bonds is 2. The second-order valence-corrected chi connectivity index (χ2v) is 4.28. The van der Waals surface area contributed by atoms with Gasteiger partial charge in [-0.05, 0) is 18.4 Å². The van der Waals surface area contributed by atoms with Gasteiger partial charge in [-0.15, -0.1) is 0 Å².